The molecule has 1 amide bonds. The van der Waals surface area contributed by atoms with Crippen molar-refractivity contribution in [3.63, 3.8) is 0 Å². The lowest BCUT2D eigenvalue weighted by Gasteiger charge is -1.97. The van der Waals surface area contributed by atoms with Crippen LogP contribution >= 0.6 is 23.4 Å². The number of halogens is 1. The molecule has 1 saturated heterocycles. The summed E-state index contributed by atoms with van der Waals surface area (Å²) < 4.78 is 5.80. The summed E-state index contributed by atoms with van der Waals surface area (Å²) in [5.41, 5.74) is 1.60. The smallest absolute Gasteiger partial charge is 0.335 e. The van der Waals surface area contributed by atoms with Gasteiger partial charge in [0.2, 0.25) is 0 Å². The lowest BCUT2D eigenvalue weighted by molar-refractivity contribution is -0.115. The highest BCUT2D eigenvalue weighted by molar-refractivity contribution is 8.18. The van der Waals surface area contributed by atoms with Crippen LogP contribution in [0, 0.1) is 0 Å². The van der Waals surface area contributed by atoms with Crippen molar-refractivity contribution in [1.29, 1.82) is 0 Å². The van der Waals surface area contributed by atoms with Crippen molar-refractivity contribution in [3.8, 4) is 11.3 Å². The topological polar surface area (TPSA) is 91.9 Å². The van der Waals surface area contributed by atoms with E-state index in [9.17, 15) is 9.59 Å². The molecule has 3 aromatic rings. The molecule has 0 saturated carbocycles. The van der Waals surface area contributed by atoms with Gasteiger partial charge < -0.3 is 14.8 Å². The summed E-state index contributed by atoms with van der Waals surface area (Å²) >= 11 is 7.09. The quantitative estimate of drug-likeness (QED) is 0.562. The summed E-state index contributed by atoms with van der Waals surface area (Å²) in [5.74, 6) is -0.0706. The van der Waals surface area contributed by atoms with Gasteiger partial charge in [0, 0.05) is 16.7 Å². The molecule has 0 radical (unpaired) electrons. The van der Waals surface area contributed by atoms with Gasteiger partial charge in [0.05, 0.1) is 16.2 Å². The number of rotatable bonds is 4. The van der Waals surface area contributed by atoms with Gasteiger partial charge in [-0.1, -0.05) is 11.6 Å². The van der Waals surface area contributed by atoms with Crippen LogP contribution in [0.1, 0.15) is 16.1 Å². The van der Waals surface area contributed by atoms with Crippen LogP contribution in [0.4, 0.5) is 5.69 Å². The van der Waals surface area contributed by atoms with E-state index in [2.05, 4.69) is 10.3 Å². The summed E-state index contributed by atoms with van der Waals surface area (Å²) in [7, 11) is 0. The summed E-state index contributed by atoms with van der Waals surface area (Å²) in [6, 6.07) is 17.0. The van der Waals surface area contributed by atoms with E-state index in [4.69, 9.17) is 21.1 Å². The van der Waals surface area contributed by atoms with Crippen LogP contribution < -0.4 is 5.32 Å². The number of carbonyl (C=O) groups excluding carboxylic acids is 1. The van der Waals surface area contributed by atoms with Gasteiger partial charge >= 0.3 is 5.97 Å². The van der Waals surface area contributed by atoms with Crippen molar-refractivity contribution in [2.75, 3.05) is 0 Å². The Balaban J connectivity index is 1.51. The number of aromatic carboxylic acids is 1. The number of hydrogen-bond acceptors (Lipinski definition) is 5. The van der Waals surface area contributed by atoms with E-state index in [1.54, 1.807) is 36.4 Å². The molecule has 0 bridgehead atoms. The Kier molecular flexibility index (Phi) is 5.24. The molecule has 1 aliphatic heterocycles. The van der Waals surface area contributed by atoms with Crippen molar-refractivity contribution in [2.24, 2.45) is 4.99 Å². The molecular formula is C21H13ClN2O4S. The monoisotopic (exact) mass is 424 g/mol. The zero-order valence-corrected chi connectivity index (χ0v) is 16.3. The first-order valence-corrected chi connectivity index (χ1v) is 9.66. The van der Waals surface area contributed by atoms with E-state index in [1.807, 2.05) is 18.2 Å². The molecule has 8 heteroatoms. The van der Waals surface area contributed by atoms with Gasteiger partial charge in [-0.2, -0.15) is 0 Å². The van der Waals surface area contributed by atoms with E-state index >= 15 is 0 Å². The van der Waals surface area contributed by atoms with E-state index in [0.717, 1.165) is 5.56 Å². The van der Waals surface area contributed by atoms with Crippen molar-refractivity contribution in [2.45, 2.75) is 0 Å². The number of benzene rings is 2. The summed E-state index contributed by atoms with van der Waals surface area (Å²) in [6.07, 6.45) is 1.65. The first-order chi connectivity index (χ1) is 14.0. The molecule has 1 aromatic heterocycles. The molecule has 144 valence electrons. The summed E-state index contributed by atoms with van der Waals surface area (Å²) in [6.45, 7) is 0. The van der Waals surface area contributed by atoms with Crippen molar-refractivity contribution in [1.82, 2.24) is 5.32 Å². The molecule has 0 aliphatic carbocycles. The maximum absolute atomic E-state index is 12.2. The van der Waals surface area contributed by atoms with Gasteiger partial charge in [-0.15, -0.1) is 0 Å². The molecule has 6 nitrogen and oxygen atoms in total. The number of carbonyl (C=O) groups is 2. The number of carboxylic acid groups (broad SMARTS) is 1. The minimum atomic E-state index is -1.01. The maximum atomic E-state index is 12.2. The number of aliphatic imine (C=N–C) groups is 1. The van der Waals surface area contributed by atoms with Crippen LogP contribution in [0.3, 0.4) is 0 Å². The van der Waals surface area contributed by atoms with E-state index < -0.39 is 5.97 Å². The van der Waals surface area contributed by atoms with E-state index in [1.165, 1.54) is 23.9 Å². The second-order valence-corrected chi connectivity index (χ2v) is 7.51. The van der Waals surface area contributed by atoms with Crippen LogP contribution in [-0.2, 0) is 4.79 Å². The third-order valence-electron chi connectivity index (χ3n) is 4.02. The minimum Gasteiger partial charge on any atom is -0.478 e. The fourth-order valence-corrected chi connectivity index (χ4v) is 3.55. The Morgan fingerprint density at radius 2 is 1.79 bits per heavy atom. The number of carboxylic acids is 1. The fraction of sp³-hybridized carbons (Fsp3) is 0. The lowest BCUT2D eigenvalue weighted by Crippen LogP contribution is -2.19. The standard InChI is InChI=1S/C21H13ClN2O4S/c22-14-5-1-12(2-6-14)17-10-9-16(28-17)11-18-19(25)24-21(29-18)23-15-7-3-13(4-8-15)20(26)27/h1-11H,(H,26,27)(H,23,24,25). The zero-order valence-electron chi connectivity index (χ0n) is 14.8. The Hall–Kier alpha value is -3.29. The molecule has 29 heavy (non-hydrogen) atoms. The number of hydrogen-bond donors (Lipinski definition) is 2. The molecule has 0 spiro atoms. The maximum Gasteiger partial charge on any atom is 0.335 e. The summed E-state index contributed by atoms with van der Waals surface area (Å²) in [4.78, 5) is 27.9. The second kappa shape index (κ2) is 7.98. The van der Waals surface area contributed by atoms with Crippen LogP contribution in [-0.4, -0.2) is 22.2 Å². The number of nitrogens with zero attached hydrogens (tertiary/aromatic N) is 1. The lowest BCUT2D eigenvalue weighted by atomic mass is 10.2. The average Bonchev–Trinajstić information content (AvgIpc) is 3.30. The Bertz CT molecular complexity index is 1150. The highest BCUT2D eigenvalue weighted by Gasteiger charge is 2.24. The van der Waals surface area contributed by atoms with Crippen LogP contribution in [0.2, 0.25) is 5.02 Å². The SMILES string of the molecule is O=C1NC(=Nc2ccc(C(=O)O)cc2)SC1=Cc1ccc(-c2ccc(Cl)cc2)o1. The van der Waals surface area contributed by atoms with Crippen molar-refractivity contribution in [3.05, 3.63) is 81.9 Å². The Morgan fingerprint density at radius 1 is 1.07 bits per heavy atom. The largest absolute Gasteiger partial charge is 0.478 e. The van der Waals surface area contributed by atoms with Crippen LogP contribution in [0.25, 0.3) is 17.4 Å². The molecule has 1 fully saturated rings. The van der Waals surface area contributed by atoms with Gasteiger partial charge in [-0.3, -0.25) is 4.79 Å². The molecule has 0 atom stereocenters. The fourth-order valence-electron chi connectivity index (χ4n) is 2.61. The third kappa shape index (κ3) is 4.42. The number of furan rings is 1. The second-order valence-electron chi connectivity index (χ2n) is 6.04. The molecule has 2 N–H and O–H groups in total. The molecule has 0 unspecified atom stereocenters. The van der Waals surface area contributed by atoms with Gasteiger partial charge in [0.15, 0.2) is 5.17 Å². The molecule has 2 aromatic carbocycles. The predicted molar refractivity (Wildman–Crippen MR) is 113 cm³/mol. The molecular weight excluding hydrogens is 412 g/mol. The van der Waals surface area contributed by atoms with Gasteiger partial charge in [-0.25, -0.2) is 9.79 Å². The Labute approximate surface area is 174 Å². The normalized spacial score (nSPS) is 16.4. The first kappa shape index (κ1) is 19.0. The highest BCUT2D eigenvalue weighted by Crippen LogP contribution is 2.30. The van der Waals surface area contributed by atoms with Gasteiger partial charge in [0.25, 0.3) is 5.91 Å². The van der Waals surface area contributed by atoms with Crippen LogP contribution in [0.15, 0.2) is 75.0 Å². The van der Waals surface area contributed by atoms with Gasteiger partial charge in [-0.05, 0) is 72.4 Å². The molecule has 1 aliphatic rings. The number of amidine groups is 1. The predicted octanol–water partition coefficient (Wildman–Crippen LogP) is 5.19. The first-order valence-electron chi connectivity index (χ1n) is 8.47. The van der Waals surface area contributed by atoms with Crippen molar-refractivity contribution >= 4 is 52.2 Å². The number of nitrogens with one attached hydrogen (secondary N) is 1. The number of thioether (sulfide) groups is 1. The van der Waals surface area contributed by atoms with E-state index in [0.29, 0.717) is 32.3 Å². The average molecular weight is 425 g/mol. The Morgan fingerprint density at radius 3 is 2.48 bits per heavy atom. The highest BCUT2D eigenvalue weighted by atomic mass is 35.5. The van der Waals surface area contributed by atoms with Crippen molar-refractivity contribution < 1.29 is 19.1 Å². The molecule has 2 heterocycles. The summed E-state index contributed by atoms with van der Waals surface area (Å²) in [5, 5.41) is 12.7. The van der Waals surface area contributed by atoms with Gasteiger partial charge in [0.1, 0.15) is 11.5 Å². The van der Waals surface area contributed by atoms with Crippen LogP contribution in [0.5, 0.6) is 0 Å². The minimum absolute atomic E-state index is 0.173. The van der Waals surface area contributed by atoms with E-state index in [-0.39, 0.29) is 11.5 Å². The third-order valence-corrected chi connectivity index (χ3v) is 5.19. The number of amides is 1. The zero-order chi connectivity index (χ0) is 20.4. The molecule has 4 rings (SSSR count).